The molecule has 1 aromatic rings. The summed E-state index contributed by atoms with van der Waals surface area (Å²) in [5.41, 5.74) is 0.574. The van der Waals surface area contributed by atoms with E-state index in [1.165, 1.54) is 0 Å². The van der Waals surface area contributed by atoms with E-state index in [1.807, 2.05) is 4.90 Å². The second-order valence-electron chi connectivity index (χ2n) is 3.48. The molecule has 0 spiro atoms. The van der Waals surface area contributed by atoms with Crippen molar-refractivity contribution in [2.24, 2.45) is 0 Å². The van der Waals surface area contributed by atoms with Crippen molar-refractivity contribution in [3.8, 4) is 0 Å². The van der Waals surface area contributed by atoms with Gasteiger partial charge in [0.05, 0.1) is 0 Å². The number of nitrogens with one attached hydrogen (secondary N) is 2. The highest BCUT2D eigenvalue weighted by Crippen LogP contribution is 2.03. The van der Waals surface area contributed by atoms with E-state index in [0.717, 1.165) is 26.2 Å². The Labute approximate surface area is 93.3 Å². The van der Waals surface area contributed by atoms with Gasteiger partial charge in [-0.1, -0.05) is 12.2 Å². The number of amides is 1. The first-order chi connectivity index (χ1) is 7.27. The first kappa shape index (κ1) is 10.3. The number of pyridine rings is 1. The summed E-state index contributed by atoms with van der Waals surface area (Å²) in [4.78, 5) is 16.7. The highest BCUT2D eigenvalue weighted by Gasteiger charge is 2.17. The number of H-pyrrole nitrogens is 1. The van der Waals surface area contributed by atoms with Gasteiger partial charge in [0.25, 0.3) is 5.91 Å². The van der Waals surface area contributed by atoms with Crippen LogP contribution in [-0.4, -0.2) is 42.0 Å². The van der Waals surface area contributed by atoms with Gasteiger partial charge < -0.3 is 15.2 Å². The molecule has 0 unspecified atom stereocenters. The number of nitrogens with zero attached hydrogens (tertiary/aromatic N) is 1. The zero-order valence-corrected chi connectivity index (χ0v) is 9.14. The number of hydrogen-bond donors (Lipinski definition) is 2. The highest BCUT2D eigenvalue weighted by molar-refractivity contribution is 7.71. The van der Waals surface area contributed by atoms with Gasteiger partial charge in [0, 0.05) is 36.9 Å². The van der Waals surface area contributed by atoms with E-state index in [-0.39, 0.29) is 5.91 Å². The van der Waals surface area contributed by atoms with Crippen molar-refractivity contribution in [1.29, 1.82) is 0 Å². The molecule has 1 fully saturated rings. The maximum atomic E-state index is 12.0. The lowest BCUT2D eigenvalue weighted by molar-refractivity contribution is 0.0730. The van der Waals surface area contributed by atoms with Crippen molar-refractivity contribution in [1.82, 2.24) is 15.2 Å². The van der Waals surface area contributed by atoms with E-state index in [0.29, 0.717) is 10.2 Å². The van der Waals surface area contributed by atoms with Crippen molar-refractivity contribution < 1.29 is 4.79 Å². The maximum absolute atomic E-state index is 12.0. The molecule has 0 aliphatic carbocycles. The summed E-state index contributed by atoms with van der Waals surface area (Å²) in [6.07, 6.45) is 1.71. The number of carbonyl (C=O) groups is 1. The number of hydrogen-bond acceptors (Lipinski definition) is 3. The van der Waals surface area contributed by atoms with E-state index in [4.69, 9.17) is 12.2 Å². The lowest BCUT2D eigenvalue weighted by Crippen LogP contribution is -2.46. The molecule has 1 amide bonds. The van der Waals surface area contributed by atoms with Crippen LogP contribution < -0.4 is 5.32 Å². The van der Waals surface area contributed by atoms with Crippen LogP contribution in [0.3, 0.4) is 0 Å². The van der Waals surface area contributed by atoms with Gasteiger partial charge in [-0.25, -0.2) is 0 Å². The molecule has 80 valence electrons. The molecule has 0 radical (unpaired) electrons. The Morgan fingerprint density at radius 1 is 1.40 bits per heavy atom. The van der Waals surface area contributed by atoms with E-state index in [1.54, 1.807) is 18.3 Å². The fourth-order valence-electron chi connectivity index (χ4n) is 1.61. The second kappa shape index (κ2) is 4.55. The van der Waals surface area contributed by atoms with Gasteiger partial charge in [0.15, 0.2) is 0 Å². The normalized spacial score (nSPS) is 16.4. The summed E-state index contributed by atoms with van der Waals surface area (Å²) >= 11 is 5.02. The van der Waals surface area contributed by atoms with Gasteiger partial charge >= 0.3 is 0 Å². The molecule has 1 aliphatic heterocycles. The number of rotatable bonds is 1. The minimum absolute atomic E-state index is 0.0307. The lowest BCUT2D eigenvalue weighted by atomic mass is 10.3. The Hall–Kier alpha value is -1.20. The molecular weight excluding hydrogens is 210 g/mol. The number of aromatic amines is 1. The molecule has 15 heavy (non-hydrogen) atoms. The molecule has 2 heterocycles. The minimum atomic E-state index is 0.0307. The van der Waals surface area contributed by atoms with Crippen LogP contribution in [0, 0.1) is 4.51 Å². The summed E-state index contributed by atoms with van der Waals surface area (Å²) in [7, 11) is 0. The molecule has 0 saturated carbocycles. The summed E-state index contributed by atoms with van der Waals surface area (Å²) in [5.74, 6) is 0.0307. The van der Waals surface area contributed by atoms with Crippen molar-refractivity contribution in [2.45, 2.75) is 0 Å². The Kier molecular flexibility index (Phi) is 3.13. The molecule has 1 aliphatic rings. The lowest BCUT2D eigenvalue weighted by Gasteiger charge is -2.27. The third kappa shape index (κ3) is 2.43. The van der Waals surface area contributed by atoms with E-state index < -0.39 is 0 Å². The molecule has 2 rings (SSSR count). The average molecular weight is 223 g/mol. The third-order valence-corrected chi connectivity index (χ3v) is 2.66. The van der Waals surface area contributed by atoms with Crippen LogP contribution in [0.4, 0.5) is 0 Å². The summed E-state index contributed by atoms with van der Waals surface area (Å²) in [5, 5.41) is 3.21. The highest BCUT2D eigenvalue weighted by atomic mass is 32.1. The average Bonchev–Trinajstić information content (AvgIpc) is 2.29. The van der Waals surface area contributed by atoms with Crippen LogP contribution in [0.1, 0.15) is 10.5 Å². The van der Waals surface area contributed by atoms with Gasteiger partial charge in [0.2, 0.25) is 0 Å². The zero-order valence-electron chi connectivity index (χ0n) is 8.32. The maximum Gasteiger partial charge on any atom is 0.270 e. The van der Waals surface area contributed by atoms with Crippen LogP contribution in [0.5, 0.6) is 0 Å². The Morgan fingerprint density at radius 2 is 2.13 bits per heavy atom. The Morgan fingerprint density at radius 3 is 2.80 bits per heavy atom. The largest absolute Gasteiger partial charge is 0.357 e. The molecule has 0 bridgehead atoms. The van der Waals surface area contributed by atoms with Gasteiger partial charge in [-0.3, -0.25) is 4.79 Å². The van der Waals surface area contributed by atoms with Gasteiger partial charge in [-0.15, -0.1) is 0 Å². The number of carbonyl (C=O) groups excluding carboxylic acids is 1. The van der Waals surface area contributed by atoms with E-state index in [2.05, 4.69) is 10.3 Å². The van der Waals surface area contributed by atoms with Crippen LogP contribution >= 0.6 is 12.2 Å². The zero-order chi connectivity index (χ0) is 10.7. The first-order valence-electron chi connectivity index (χ1n) is 4.96. The topological polar surface area (TPSA) is 48.1 Å². The molecule has 5 heteroatoms. The van der Waals surface area contributed by atoms with Crippen LogP contribution in [-0.2, 0) is 0 Å². The number of piperazine rings is 1. The Bertz CT molecular complexity index is 409. The van der Waals surface area contributed by atoms with E-state index >= 15 is 0 Å². The molecule has 1 aromatic heterocycles. The summed E-state index contributed by atoms with van der Waals surface area (Å²) in [6.45, 7) is 3.24. The fraction of sp³-hybridized carbons (Fsp3) is 0.400. The standard InChI is InChI=1S/C10H13N3OS/c14-10(13-5-3-11-4-6-13)9-7-8(15)1-2-12-9/h1-2,7,11H,3-6H2,(H,12,15). The van der Waals surface area contributed by atoms with Crippen molar-refractivity contribution in [3.05, 3.63) is 28.5 Å². The van der Waals surface area contributed by atoms with Crippen molar-refractivity contribution in [2.75, 3.05) is 26.2 Å². The smallest absolute Gasteiger partial charge is 0.270 e. The molecule has 0 atom stereocenters. The van der Waals surface area contributed by atoms with Gasteiger partial charge in [-0.2, -0.15) is 0 Å². The van der Waals surface area contributed by atoms with Gasteiger partial charge in [-0.05, 0) is 12.1 Å². The van der Waals surface area contributed by atoms with Crippen LogP contribution in [0.2, 0.25) is 0 Å². The van der Waals surface area contributed by atoms with Gasteiger partial charge in [0.1, 0.15) is 5.69 Å². The van der Waals surface area contributed by atoms with Crippen molar-refractivity contribution >= 4 is 18.1 Å². The molecular formula is C10H13N3OS. The minimum Gasteiger partial charge on any atom is -0.357 e. The fourth-order valence-corrected chi connectivity index (χ4v) is 1.79. The molecule has 1 saturated heterocycles. The summed E-state index contributed by atoms with van der Waals surface area (Å²) in [6, 6.07) is 3.48. The SMILES string of the molecule is O=C(c1cc(=S)cc[nH]1)N1CCNCC1. The van der Waals surface area contributed by atoms with Crippen molar-refractivity contribution in [3.63, 3.8) is 0 Å². The third-order valence-electron chi connectivity index (χ3n) is 2.41. The first-order valence-corrected chi connectivity index (χ1v) is 5.37. The second-order valence-corrected chi connectivity index (χ2v) is 3.95. The predicted octanol–water partition coefficient (Wildman–Crippen LogP) is 0.790. The van der Waals surface area contributed by atoms with Crippen LogP contribution in [0.15, 0.2) is 18.3 Å². The van der Waals surface area contributed by atoms with E-state index in [9.17, 15) is 4.79 Å². The number of aromatic nitrogens is 1. The molecule has 2 N–H and O–H groups in total. The Balaban J connectivity index is 2.16. The quantitative estimate of drug-likeness (QED) is 0.692. The van der Waals surface area contributed by atoms with Crippen LogP contribution in [0.25, 0.3) is 0 Å². The predicted molar refractivity (Wildman–Crippen MR) is 60.4 cm³/mol. The summed E-state index contributed by atoms with van der Waals surface area (Å²) < 4.78 is 0.687. The molecule has 4 nitrogen and oxygen atoms in total. The molecule has 0 aromatic carbocycles. The monoisotopic (exact) mass is 223 g/mol.